The lowest BCUT2D eigenvalue weighted by atomic mass is 10.1. The largest absolute Gasteiger partial charge is 0.356 e. The predicted molar refractivity (Wildman–Crippen MR) is 49.4 cm³/mol. The van der Waals surface area contributed by atoms with E-state index in [0.29, 0.717) is 6.04 Å². The van der Waals surface area contributed by atoms with Gasteiger partial charge in [0, 0.05) is 12.6 Å². The molecule has 0 bridgehead atoms. The normalized spacial score (nSPS) is 23.8. The van der Waals surface area contributed by atoms with E-state index in [0.717, 1.165) is 18.2 Å². The zero-order valence-electron chi connectivity index (χ0n) is 6.79. The summed E-state index contributed by atoms with van der Waals surface area (Å²) in [7, 11) is 0. The van der Waals surface area contributed by atoms with Gasteiger partial charge in [0.2, 0.25) is 5.13 Å². The molecule has 0 saturated carbocycles. The maximum Gasteiger partial charge on any atom is 0.205 e. The molecule has 1 aliphatic heterocycles. The highest BCUT2D eigenvalue weighted by Crippen LogP contribution is 2.12. The third-order valence-corrected chi connectivity index (χ3v) is 2.61. The summed E-state index contributed by atoms with van der Waals surface area (Å²) < 4.78 is 0. The van der Waals surface area contributed by atoms with Crippen LogP contribution in [-0.2, 0) is 0 Å². The third-order valence-electron chi connectivity index (χ3n) is 1.98. The topological polar surface area (TPSA) is 49.8 Å². The molecule has 0 spiro atoms. The molecule has 2 heterocycles. The van der Waals surface area contributed by atoms with E-state index >= 15 is 0 Å². The SMILES string of the molecule is c1nnc(NC2CCCNC2)s1. The molecular weight excluding hydrogens is 172 g/mol. The summed E-state index contributed by atoms with van der Waals surface area (Å²) in [5, 5.41) is 15.3. The molecule has 1 aliphatic rings. The van der Waals surface area contributed by atoms with Crippen LogP contribution >= 0.6 is 11.3 Å². The number of aromatic nitrogens is 2. The van der Waals surface area contributed by atoms with Gasteiger partial charge in [0.05, 0.1) is 0 Å². The highest BCUT2D eigenvalue weighted by atomic mass is 32.1. The van der Waals surface area contributed by atoms with Gasteiger partial charge in [0.15, 0.2) is 0 Å². The number of hydrogen-bond acceptors (Lipinski definition) is 5. The van der Waals surface area contributed by atoms with Crippen molar-refractivity contribution in [1.29, 1.82) is 0 Å². The Hall–Kier alpha value is -0.680. The van der Waals surface area contributed by atoms with Crippen LogP contribution in [0.15, 0.2) is 5.51 Å². The Balaban J connectivity index is 1.86. The van der Waals surface area contributed by atoms with Gasteiger partial charge in [-0.1, -0.05) is 11.3 Å². The van der Waals surface area contributed by atoms with Crippen LogP contribution in [-0.4, -0.2) is 29.3 Å². The van der Waals surface area contributed by atoms with Crippen molar-refractivity contribution in [1.82, 2.24) is 15.5 Å². The van der Waals surface area contributed by atoms with Gasteiger partial charge in [-0.15, -0.1) is 10.2 Å². The summed E-state index contributed by atoms with van der Waals surface area (Å²) in [5.41, 5.74) is 1.75. The first-order valence-corrected chi connectivity index (χ1v) is 5.06. The maximum atomic E-state index is 3.94. The average Bonchev–Trinajstić information content (AvgIpc) is 2.59. The van der Waals surface area contributed by atoms with Crippen molar-refractivity contribution in [2.24, 2.45) is 0 Å². The first-order valence-electron chi connectivity index (χ1n) is 4.18. The standard InChI is InChI=1S/C7H12N4S/c1-2-6(4-8-3-1)10-7-11-9-5-12-7/h5-6,8H,1-4H2,(H,10,11). The van der Waals surface area contributed by atoms with E-state index in [2.05, 4.69) is 20.8 Å². The number of piperidine rings is 1. The molecule has 66 valence electrons. The van der Waals surface area contributed by atoms with Crippen LogP contribution in [0.25, 0.3) is 0 Å². The second-order valence-corrected chi connectivity index (χ2v) is 3.76. The number of nitrogens with zero attached hydrogens (tertiary/aromatic N) is 2. The van der Waals surface area contributed by atoms with Crippen molar-refractivity contribution in [3.8, 4) is 0 Å². The van der Waals surface area contributed by atoms with E-state index in [-0.39, 0.29) is 0 Å². The lowest BCUT2D eigenvalue weighted by Crippen LogP contribution is -2.38. The van der Waals surface area contributed by atoms with Crippen molar-refractivity contribution >= 4 is 16.5 Å². The molecule has 1 saturated heterocycles. The second kappa shape index (κ2) is 3.82. The molecule has 2 rings (SSSR count). The molecular formula is C7H12N4S. The van der Waals surface area contributed by atoms with Gasteiger partial charge in [-0.05, 0) is 19.4 Å². The highest BCUT2D eigenvalue weighted by molar-refractivity contribution is 7.13. The molecule has 12 heavy (non-hydrogen) atoms. The number of hydrogen-bond donors (Lipinski definition) is 2. The zero-order chi connectivity index (χ0) is 8.23. The van der Waals surface area contributed by atoms with Crippen LogP contribution in [0, 0.1) is 0 Å². The summed E-state index contributed by atoms with van der Waals surface area (Å²) in [6.07, 6.45) is 2.48. The Morgan fingerprint density at radius 3 is 3.33 bits per heavy atom. The molecule has 1 aromatic heterocycles. The van der Waals surface area contributed by atoms with Gasteiger partial charge in [0.25, 0.3) is 0 Å². The minimum atomic E-state index is 0.534. The predicted octanol–water partition coefficient (Wildman–Crippen LogP) is 0.702. The van der Waals surface area contributed by atoms with Crippen LogP contribution < -0.4 is 10.6 Å². The van der Waals surface area contributed by atoms with Crippen molar-refractivity contribution in [3.05, 3.63) is 5.51 Å². The zero-order valence-corrected chi connectivity index (χ0v) is 7.60. The van der Waals surface area contributed by atoms with E-state index in [9.17, 15) is 0 Å². The van der Waals surface area contributed by atoms with E-state index in [1.165, 1.54) is 12.8 Å². The molecule has 1 atom stereocenters. The summed E-state index contributed by atoms with van der Waals surface area (Å²) in [6, 6.07) is 0.534. The second-order valence-electron chi connectivity index (χ2n) is 2.93. The van der Waals surface area contributed by atoms with Crippen LogP contribution in [0.3, 0.4) is 0 Å². The van der Waals surface area contributed by atoms with Crippen molar-refractivity contribution in [2.75, 3.05) is 18.4 Å². The molecule has 0 aliphatic carbocycles. The quantitative estimate of drug-likeness (QED) is 0.710. The van der Waals surface area contributed by atoms with Crippen molar-refractivity contribution in [3.63, 3.8) is 0 Å². The molecule has 4 nitrogen and oxygen atoms in total. The van der Waals surface area contributed by atoms with E-state index in [1.54, 1.807) is 16.8 Å². The fourth-order valence-corrected chi connectivity index (χ4v) is 1.91. The Morgan fingerprint density at radius 2 is 2.67 bits per heavy atom. The summed E-state index contributed by atoms with van der Waals surface area (Å²) in [5.74, 6) is 0. The van der Waals surface area contributed by atoms with Crippen LogP contribution in [0.1, 0.15) is 12.8 Å². The van der Waals surface area contributed by atoms with Gasteiger partial charge < -0.3 is 10.6 Å². The lowest BCUT2D eigenvalue weighted by molar-refractivity contribution is 0.479. The van der Waals surface area contributed by atoms with Gasteiger partial charge in [-0.25, -0.2) is 0 Å². The third kappa shape index (κ3) is 1.92. The lowest BCUT2D eigenvalue weighted by Gasteiger charge is -2.22. The molecule has 5 heteroatoms. The van der Waals surface area contributed by atoms with E-state index in [4.69, 9.17) is 0 Å². The number of nitrogens with one attached hydrogen (secondary N) is 2. The molecule has 0 aromatic carbocycles. The Kier molecular flexibility index (Phi) is 2.53. The molecule has 0 amide bonds. The minimum absolute atomic E-state index is 0.534. The van der Waals surface area contributed by atoms with E-state index < -0.39 is 0 Å². The van der Waals surface area contributed by atoms with Crippen molar-refractivity contribution < 1.29 is 0 Å². The molecule has 1 fully saturated rings. The Bertz CT molecular complexity index is 217. The summed E-state index contributed by atoms with van der Waals surface area (Å²) >= 11 is 1.56. The number of anilines is 1. The van der Waals surface area contributed by atoms with Gasteiger partial charge >= 0.3 is 0 Å². The molecule has 0 radical (unpaired) electrons. The smallest absolute Gasteiger partial charge is 0.205 e. The molecule has 1 unspecified atom stereocenters. The highest BCUT2D eigenvalue weighted by Gasteiger charge is 2.12. The fourth-order valence-electron chi connectivity index (χ4n) is 1.39. The minimum Gasteiger partial charge on any atom is -0.356 e. The first-order chi connectivity index (χ1) is 5.95. The van der Waals surface area contributed by atoms with Crippen molar-refractivity contribution in [2.45, 2.75) is 18.9 Å². The monoisotopic (exact) mass is 184 g/mol. The van der Waals surface area contributed by atoms with Gasteiger partial charge in [0.1, 0.15) is 5.51 Å². The summed E-state index contributed by atoms with van der Waals surface area (Å²) in [6.45, 7) is 2.19. The average molecular weight is 184 g/mol. The number of rotatable bonds is 2. The van der Waals surface area contributed by atoms with Gasteiger partial charge in [-0.3, -0.25) is 0 Å². The van der Waals surface area contributed by atoms with Crippen LogP contribution in [0.4, 0.5) is 5.13 Å². The Morgan fingerprint density at radius 1 is 1.67 bits per heavy atom. The summed E-state index contributed by atoms with van der Waals surface area (Å²) in [4.78, 5) is 0. The van der Waals surface area contributed by atoms with Crippen LogP contribution in [0.2, 0.25) is 0 Å². The fraction of sp³-hybridized carbons (Fsp3) is 0.714. The Labute approximate surface area is 75.4 Å². The maximum absolute atomic E-state index is 3.94. The van der Waals surface area contributed by atoms with Gasteiger partial charge in [-0.2, -0.15) is 0 Å². The first kappa shape index (κ1) is 7.94. The molecule has 2 N–H and O–H groups in total. The van der Waals surface area contributed by atoms with Crippen LogP contribution in [0.5, 0.6) is 0 Å². The molecule has 1 aromatic rings. The van der Waals surface area contributed by atoms with E-state index in [1.807, 2.05) is 0 Å².